The lowest BCUT2D eigenvalue weighted by atomic mass is 10.1. The zero-order valence-corrected chi connectivity index (χ0v) is 9.98. The number of benzene rings is 2. The van der Waals surface area contributed by atoms with Gasteiger partial charge in [0.1, 0.15) is 0 Å². The fourth-order valence-electron chi connectivity index (χ4n) is 1.37. The Hall–Kier alpha value is -1.76. The quantitative estimate of drug-likeness (QED) is 0.796. The lowest BCUT2D eigenvalue weighted by Gasteiger charge is -1.92. The predicted molar refractivity (Wildman–Crippen MR) is 72.4 cm³/mol. The van der Waals surface area contributed by atoms with Crippen molar-refractivity contribution in [1.29, 1.82) is 0 Å². The van der Waals surface area contributed by atoms with Crippen molar-refractivity contribution in [3.05, 3.63) is 60.8 Å². The van der Waals surface area contributed by atoms with Crippen LogP contribution in [0.5, 0.6) is 0 Å². The highest BCUT2D eigenvalue weighted by Gasteiger charge is 1.85. The summed E-state index contributed by atoms with van der Waals surface area (Å²) in [5.74, 6) is 0. The van der Waals surface area contributed by atoms with Gasteiger partial charge in [-0.2, -0.15) is 0 Å². The number of hydrogen-bond donors (Lipinski definition) is 1. The first-order valence-electron chi connectivity index (χ1n) is 5.66. The van der Waals surface area contributed by atoms with E-state index in [1.165, 1.54) is 10.8 Å². The lowest BCUT2D eigenvalue weighted by molar-refractivity contribution is 0.917. The summed E-state index contributed by atoms with van der Waals surface area (Å²) in [4.78, 5) is 0. The number of rotatable bonds is 2. The van der Waals surface area contributed by atoms with E-state index < -0.39 is 0 Å². The van der Waals surface area contributed by atoms with E-state index >= 15 is 0 Å². The molecule has 0 unspecified atom stereocenters. The topological polar surface area (TPSA) is 12.0 Å². The Labute approximate surface area is 97.8 Å². The standard InChI is InChI=1S/C10H8.C5H11N/c1-2-6-10-8-4-3-7-9(10)5-1;1-3-5-6-4-2/h1-8H;3,5-6H,4H2,1-2H3. The Morgan fingerprint density at radius 2 is 1.38 bits per heavy atom. The molecule has 0 bridgehead atoms. The lowest BCUT2D eigenvalue weighted by Crippen LogP contribution is -2.00. The monoisotopic (exact) mass is 213 g/mol. The van der Waals surface area contributed by atoms with Gasteiger partial charge in [-0.05, 0) is 30.8 Å². The Balaban J connectivity index is 0.000000187. The predicted octanol–water partition coefficient (Wildman–Crippen LogP) is 3.97. The van der Waals surface area contributed by atoms with Crippen LogP contribution in [-0.2, 0) is 0 Å². The molecule has 0 amide bonds. The third-order valence-corrected chi connectivity index (χ3v) is 2.15. The molecule has 0 spiro atoms. The maximum absolute atomic E-state index is 3.02. The molecule has 1 heteroatoms. The molecule has 2 rings (SSSR count). The minimum Gasteiger partial charge on any atom is -0.391 e. The molecule has 1 N–H and O–H groups in total. The van der Waals surface area contributed by atoms with E-state index in [2.05, 4.69) is 60.8 Å². The van der Waals surface area contributed by atoms with Crippen LogP contribution < -0.4 is 5.32 Å². The van der Waals surface area contributed by atoms with Gasteiger partial charge in [0.05, 0.1) is 0 Å². The van der Waals surface area contributed by atoms with Crippen molar-refractivity contribution in [2.24, 2.45) is 0 Å². The Morgan fingerprint density at radius 3 is 1.62 bits per heavy atom. The summed E-state index contributed by atoms with van der Waals surface area (Å²) in [5, 5.41) is 5.64. The molecule has 16 heavy (non-hydrogen) atoms. The van der Waals surface area contributed by atoms with Gasteiger partial charge >= 0.3 is 0 Å². The van der Waals surface area contributed by atoms with Gasteiger partial charge in [-0.3, -0.25) is 0 Å². The van der Waals surface area contributed by atoms with Crippen molar-refractivity contribution in [2.75, 3.05) is 6.54 Å². The van der Waals surface area contributed by atoms with E-state index in [-0.39, 0.29) is 0 Å². The average molecular weight is 213 g/mol. The van der Waals surface area contributed by atoms with Gasteiger partial charge in [-0.15, -0.1) is 0 Å². The van der Waals surface area contributed by atoms with Crippen LogP contribution in [-0.4, -0.2) is 6.54 Å². The van der Waals surface area contributed by atoms with E-state index in [0.29, 0.717) is 0 Å². The largest absolute Gasteiger partial charge is 0.391 e. The van der Waals surface area contributed by atoms with Gasteiger partial charge in [0.2, 0.25) is 0 Å². The Bertz CT molecular complexity index is 367. The molecule has 0 saturated carbocycles. The first kappa shape index (κ1) is 12.3. The first-order chi connectivity index (χ1) is 7.88. The smallest absolute Gasteiger partial charge is 0.0112 e. The van der Waals surface area contributed by atoms with Crippen LogP contribution in [0.1, 0.15) is 13.8 Å². The van der Waals surface area contributed by atoms with Crippen LogP contribution in [0.3, 0.4) is 0 Å². The van der Waals surface area contributed by atoms with Crippen LogP contribution in [0.4, 0.5) is 0 Å². The highest BCUT2D eigenvalue weighted by molar-refractivity contribution is 5.81. The van der Waals surface area contributed by atoms with Gasteiger partial charge in [0.15, 0.2) is 0 Å². The second kappa shape index (κ2) is 7.52. The molecule has 0 radical (unpaired) electrons. The van der Waals surface area contributed by atoms with E-state index in [1.54, 1.807) is 0 Å². The third-order valence-electron chi connectivity index (χ3n) is 2.15. The molecule has 0 aromatic heterocycles. The number of fused-ring (bicyclic) bond motifs is 1. The summed E-state index contributed by atoms with van der Waals surface area (Å²) in [6.45, 7) is 5.08. The summed E-state index contributed by atoms with van der Waals surface area (Å²) in [6, 6.07) is 16.7. The molecular formula is C15H19N. The minimum atomic E-state index is 1.02. The molecule has 0 aliphatic heterocycles. The molecule has 0 heterocycles. The molecule has 0 aliphatic carbocycles. The van der Waals surface area contributed by atoms with E-state index in [0.717, 1.165) is 6.54 Å². The fraction of sp³-hybridized carbons (Fsp3) is 0.200. The zero-order valence-electron chi connectivity index (χ0n) is 9.98. The van der Waals surface area contributed by atoms with Gasteiger partial charge in [0, 0.05) is 6.54 Å². The van der Waals surface area contributed by atoms with Crippen LogP contribution in [0, 0.1) is 0 Å². The second-order valence-electron chi connectivity index (χ2n) is 3.40. The molecular weight excluding hydrogens is 194 g/mol. The van der Waals surface area contributed by atoms with Crippen LogP contribution in [0.25, 0.3) is 10.8 Å². The first-order valence-corrected chi connectivity index (χ1v) is 5.66. The minimum absolute atomic E-state index is 1.02. The van der Waals surface area contributed by atoms with Crippen LogP contribution >= 0.6 is 0 Å². The molecule has 0 aliphatic rings. The number of hydrogen-bond acceptors (Lipinski definition) is 1. The molecule has 2 aromatic rings. The van der Waals surface area contributed by atoms with Crippen LogP contribution in [0.15, 0.2) is 60.8 Å². The van der Waals surface area contributed by atoms with Crippen molar-refractivity contribution in [3.8, 4) is 0 Å². The van der Waals surface area contributed by atoms with Gasteiger partial charge in [-0.1, -0.05) is 54.6 Å². The van der Waals surface area contributed by atoms with Crippen molar-refractivity contribution in [1.82, 2.24) is 5.32 Å². The highest BCUT2D eigenvalue weighted by atomic mass is 14.8. The van der Waals surface area contributed by atoms with E-state index in [9.17, 15) is 0 Å². The summed E-state index contributed by atoms with van der Waals surface area (Å²) in [5.41, 5.74) is 0. The summed E-state index contributed by atoms with van der Waals surface area (Å²) >= 11 is 0. The fourth-order valence-corrected chi connectivity index (χ4v) is 1.37. The highest BCUT2D eigenvalue weighted by Crippen LogP contribution is 2.11. The van der Waals surface area contributed by atoms with Gasteiger partial charge in [0.25, 0.3) is 0 Å². The normalized spacial score (nSPS) is 9.88. The van der Waals surface area contributed by atoms with Gasteiger partial charge in [-0.25, -0.2) is 0 Å². The van der Waals surface area contributed by atoms with E-state index in [1.807, 2.05) is 19.2 Å². The van der Waals surface area contributed by atoms with Gasteiger partial charge < -0.3 is 5.32 Å². The average Bonchev–Trinajstić information content (AvgIpc) is 2.37. The van der Waals surface area contributed by atoms with Crippen LogP contribution in [0.2, 0.25) is 0 Å². The summed E-state index contributed by atoms with van der Waals surface area (Å²) in [7, 11) is 0. The van der Waals surface area contributed by atoms with Crippen molar-refractivity contribution in [3.63, 3.8) is 0 Å². The second-order valence-corrected chi connectivity index (χ2v) is 3.40. The summed E-state index contributed by atoms with van der Waals surface area (Å²) < 4.78 is 0. The number of allylic oxidation sites excluding steroid dienone is 1. The van der Waals surface area contributed by atoms with E-state index in [4.69, 9.17) is 0 Å². The molecule has 2 aromatic carbocycles. The van der Waals surface area contributed by atoms with Crippen molar-refractivity contribution in [2.45, 2.75) is 13.8 Å². The summed E-state index contributed by atoms with van der Waals surface area (Å²) in [6.07, 6.45) is 3.91. The number of nitrogens with one attached hydrogen (secondary N) is 1. The Kier molecular flexibility index (Phi) is 5.79. The third kappa shape index (κ3) is 4.18. The van der Waals surface area contributed by atoms with Crippen molar-refractivity contribution < 1.29 is 0 Å². The maximum Gasteiger partial charge on any atom is 0.0112 e. The molecule has 0 fully saturated rings. The molecule has 1 nitrogen and oxygen atoms in total. The maximum atomic E-state index is 3.02. The molecule has 84 valence electrons. The molecule has 0 saturated heterocycles. The molecule has 0 atom stereocenters. The Morgan fingerprint density at radius 1 is 0.938 bits per heavy atom. The van der Waals surface area contributed by atoms with Crippen molar-refractivity contribution >= 4 is 10.8 Å². The SMILES string of the molecule is CC=CNCC.c1ccc2ccccc2c1. The zero-order chi connectivity index (χ0) is 11.6.